The number of imidazole rings is 1. The van der Waals surface area contributed by atoms with Crippen molar-refractivity contribution in [2.24, 2.45) is 0 Å². The number of aromatic nitrogens is 2. The first kappa shape index (κ1) is 15.2. The normalized spacial score (nSPS) is 12.1. The number of para-hydroxylation sites is 1. The molecule has 110 valence electrons. The lowest BCUT2D eigenvalue weighted by atomic mass is 9.89. The Kier molecular flexibility index (Phi) is 4.59. The zero-order valence-electron chi connectivity index (χ0n) is 12.7. The van der Waals surface area contributed by atoms with Crippen LogP contribution in [0.3, 0.4) is 0 Å². The maximum absolute atomic E-state index is 6.15. The Morgan fingerprint density at radius 3 is 2.35 bits per heavy atom. The number of benzene rings is 1. The van der Waals surface area contributed by atoms with Crippen molar-refractivity contribution >= 4 is 22.6 Å². The number of rotatable bonds is 6. The predicted octanol–water partition coefficient (Wildman–Crippen LogP) is 4.71. The van der Waals surface area contributed by atoms with Crippen molar-refractivity contribution in [3.05, 3.63) is 24.0 Å². The molecular formula is C16H23ClN2O. The first-order chi connectivity index (χ1) is 9.67. The number of alkyl halides is 1. The summed E-state index contributed by atoms with van der Waals surface area (Å²) in [5.74, 6) is 2.15. The first-order valence-electron chi connectivity index (χ1n) is 7.28. The average Bonchev–Trinajstić information content (AvgIpc) is 2.89. The van der Waals surface area contributed by atoms with Crippen LogP contribution in [0.2, 0.25) is 0 Å². The molecule has 0 aliphatic rings. The second kappa shape index (κ2) is 6.04. The molecule has 20 heavy (non-hydrogen) atoms. The van der Waals surface area contributed by atoms with E-state index in [0.29, 0.717) is 5.88 Å². The van der Waals surface area contributed by atoms with E-state index in [4.69, 9.17) is 21.3 Å². The highest BCUT2D eigenvalue weighted by molar-refractivity contribution is 6.16. The van der Waals surface area contributed by atoms with Gasteiger partial charge in [0, 0.05) is 5.54 Å². The third kappa shape index (κ3) is 2.18. The number of ether oxygens (including phenoxy) is 1. The molecule has 2 rings (SSSR count). The van der Waals surface area contributed by atoms with Crippen LogP contribution in [0.4, 0.5) is 0 Å². The van der Waals surface area contributed by atoms with E-state index in [0.717, 1.165) is 41.9 Å². The summed E-state index contributed by atoms with van der Waals surface area (Å²) in [6.07, 6.45) is 3.19. The molecule has 0 aliphatic heterocycles. The Hall–Kier alpha value is -1.22. The van der Waals surface area contributed by atoms with Gasteiger partial charge in [-0.15, -0.1) is 11.6 Å². The molecular weight excluding hydrogens is 272 g/mol. The quantitative estimate of drug-likeness (QED) is 0.722. The van der Waals surface area contributed by atoms with Crippen LogP contribution in [0.25, 0.3) is 11.0 Å². The summed E-state index contributed by atoms with van der Waals surface area (Å²) in [7, 11) is 1.68. The van der Waals surface area contributed by atoms with Crippen molar-refractivity contribution < 1.29 is 4.74 Å². The number of nitrogens with zero attached hydrogens (tertiary/aromatic N) is 2. The van der Waals surface area contributed by atoms with Gasteiger partial charge in [-0.25, -0.2) is 4.98 Å². The zero-order valence-corrected chi connectivity index (χ0v) is 13.5. The van der Waals surface area contributed by atoms with Crippen molar-refractivity contribution in [3.63, 3.8) is 0 Å². The van der Waals surface area contributed by atoms with Gasteiger partial charge < -0.3 is 9.30 Å². The summed E-state index contributed by atoms with van der Waals surface area (Å²) < 4.78 is 7.77. The van der Waals surface area contributed by atoms with E-state index in [2.05, 4.69) is 31.4 Å². The molecule has 0 N–H and O–H groups in total. The molecule has 0 unspecified atom stereocenters. The van der Waals surface area contributed by atoms with Gasteiger partial charge in [0.1, 0.15) is 17.1 Å². The molecule has 0 bridgehead atoms. The smallest absolute Gasteiger partial charge is 0.146 e. The van der Waals surface area contributed by atoms with E-state index in [1.54, 1.807) is 7.11 Å². The van der Waals surface area contributed by atoms with Crippen molar-refractivity contribution in [3.8, 4) is 5.75 Å². The molecule has 1 aromatic carbocycles. The van der Waals surface area contributed by atoms with Gasteiger partial charge in [0.15, 0.2) is 0 Å². The molecule has 0 radical (unpaired) electrons. The van der Waals surface area contributed by atoms with Gasteiger partial charge in [0.25, 0.3) is 0 Å². The van der Waals surface area contributed by atoms with Crippen LogP contribution in [-0.4, -0.2) is 16.7 Å². The van der Waals surface area contributed by atoms with Gasteiger partial charge in [-0.2, -0.15) is 0 Å². The largest absolute Gasteiger partial charge is 0.494 e. The first-order valence-corrected chi connectivity index (χ1v) is 7.81. The monoisotopic (exact) mass is 294 g/mol. The number of hydrogen-bond acceptors (Lipinski definition) is 2. The van der Waals surface area contributed by atoms with E-state index >= 15 is 0 Å². The van der Waals surface area contributed by atoms with Crippen molar-refractivity contribution in [1.29, 1.82) is 0 Å². The van der Waals surface area contributed by atoms with Crippen LogP contribution < -0.4 is 4.74 Å². The van der Waals surface area contributed by atoms with E-state index < -0.39 is 0 Å². The third-order valence-corrected chi connectivity index (χ3v) is 4.74. The van der Waals surface area contributed by atoms with Crippen molar-refractivity contribution in [1.82, 2.24) is 9.55 Å². The Morgan fingerprint density at radius 2 is 1.85 bits per heavy atom. The lowest BCUT2D eigenvalue weighted by Gasteiger charge is -2.34. The number of fused-ring (bicyclic) bond motifs is 1. The number of hydrogen-bond donors (Lipinski definition) is 0. The van der Waals surface area contributed by atoms with Gasteiger partial charge >= 0.3 is 0 Å². The van der Waals surface area contributed by atoms with Gasteiger partial charge in [0.05, 0.1) is 18.5 Å². The van der Waals surface area contributed by atoms with E-state index in [9.17, 15) is 0 Å². The minimum Gasteiger partial charge on any atom is -0.494 e. The fourth-order valence-electron chi connectivity index (χ4n) is 3.13. The molecule has 4 heteroatoms. The fraction of sp³-hybridized carbons (Fsp3) is 0.562. The van der Waals surface area contributed by atoms with Gasteiger partial charge in [-0.3, -0.25) is 0 Å². The maximum Gasteiger partial charge on any atom is 0.146 e. The van der Waals surface area contributed by atoms with Crippen LogP contribution in [-0.2, 0) is 11.4 Å². The SMILES string of the molecule is CCC(CC)(CC)n1c(CCl)nc2c(OC)cccc21. The molecule has 0 aliphatic carbocycles. The lowest BCUT2D eigenvalue weighted by Crippen LogP contribution is -2.32. The minimum absolute atomic E-state index is 0.0747. The average molecular weight is 295 g/mol. The predicted molar refractivity (Wildman–Crippen MR) is 84.7 cm³/mol. The van der Waals surface area contributed by atoms with Crippen molar-refractivity contribution in [2.45, 2.75) is 51.5 Å². The summed E-state index contributed by atoms with van der Waals surface area (Å²) in [6.45, 7) is 6.70. The van der Waals surface area contributed by atoms with Gasteiger partial charge in [-0.05, 0) is 31.4 Å². The molecule has 1 aromatic heterocycles. The molecule has 2 aromatic rings. The lowest BCUT2D eigenvalue weighted by molar-refractivity contribution is 0.252. The Morgan fingerprint density at radius 1 is 1.20 bits per heavy atom. The zero-order chi connectivity index (χ0) is 14.8. The van der Waals surface area contributed by atoms with E-state index in [-0.39, 0.29) is 5.54 Å². The van der Waals surface area contributed by atoms with E-state index in [1.807, 2.05) is 12.1 Å². The van der Waals surface area contributed by atoms with Gasteiger partial charge in [0.2, 0.25) is 0 Å². The molecule has 0 amide bonds. The highest BCUT2D eigenvalue weighted by Gasteiger charge is 2.30. The Balaban J connectivity index is 2.80. The standard InChI is InChI=1S/C16H23ClN2O/c1-5-16(6-2,7-3)19-12-9-8-10-13(20-4)15(12)18-14(19)11-17/h8-10H,5-7,11H2,1-4H3. The summed E-state index contributed by atoms with van der Waals surface area (Å²) in [5.41, 5.74) is 2.10. The summed E-state index contributed by atoms with van der Waals surface area (Å²) in [6, 6.07) is 6.07. The van der Waals surface area contributed by atoms with Gasteiger partial charge in [-0.1, -0.05) is 26.8 Å². The molecule has 0 saturated heterocycles. The van der Waals surface area contributed by atoms with Crippen LogP contribution in [0, 0.1) is 0 Å². The van der Waals surface area contributed by atoms with Crippen molar-refractivity contribution in [2.75, 3.05) is 7.11 Å². The molecule has 3 nitrogen and oxygen atoms in total. The topological polar surface area (TPSA) is 27.1 Å². The molecule has 1 heterocycles. The minimum atomic E-state index is 0.0747. The van der Waals surface area contributed by atoms with Crippen LogP contribution in [0.5, 0.6) is 5.75 Å². The van der Waals surface area contributed by atoms with Crippen LogP contribution in [0.1, 0.15) is 45.9 Å². The van der Waals surface area contributed by atoms with E-state index in [1.165, 1.54) is 0 Å². The highest BCUT2D eigenvalue weighted by Crippen LogP contribution is 2.37. The summed E-state index contributed by atoms with van der Waals surface area (Å²) >= 11 is 6.15. The molecule has 0 spiro atoms. The number of halogens is 1. The highest BCUT2D eigenvalue weighted by atomic mass is 35.5. The second-order valence-electron chi connectivity index (χ2n) is 5.11. The number of methoxy groups -OCH3 is 1. The summed E-state index contributed by atoms with van der Waals surface area (Å²) in [5, 5.41) is 0. The second-order valence-corrected chi connectivity index (χ2v) is 5.38. The molecule has 0 fully saturated rings. The Bertz CT molecular complexity index is 579. The maximum atomic E-state index is 6.15. The van der Waals surface area contributed by atoms with Crippen LogP contribution >= 0.6 is 11.6 Å². The third-order valence-electron chi connectivity index (χ3n) is 4.51. The molecule has 0 saturated carbocycles. The van der Waals surface area contributed by atoms with Crippen LogP contribution in [0.15, 0.2) is 18.2 Å². The summed E-state index contributed by atoms with van der Waals surface area (Å²) in [4.78, 5) is 4.72. The Labute approximate surface area is 125 Å². The fourth-order valence-corrected chi connectivity index (χ4v) is 3.31. The molecule has 0 atom stereocenters.